The number of nitro benzene ring substituents is 1. The molecular formula is C14H21N5O5S. The molecular weight excluding hydrogens is 350 g/mol. The van der Waals surface area contributed by atoms with Gasteiger partial charge < -0.3 is 15.5 Å². The van der Waals surface area contributed by atoms with Crippen LogP contribution < -0.4 is 15.8 Å². The van der Waals surface area contributed by atoms with E-state index in [1.807, 2.05) is 6.92 Å². The highest BCUT2D eigenvalue weighted by molar-refractivity contribution is 7.89. The number of benzene rings is 1. The molecule has 4 N–H and O–H groups in total. The second-order valence-corrected chi connectivity index (χ2v) is 7.36. The molecule has 0 aliphatic carbocycles. The number of piperazine rings is 1. The van der Waals surface area contributed by atoms with Crippen molar-refractivity contribution in [3.8, 4) is 0 Å². The number of sulfonamides is 1. The van der Waals surface area contributed by atoms with Crippen LogP contribution in [0.25, 0.3) is 0 Å². The van der Waals surface area contributed by atoms with Gasteiger partial charge in [0.1, 0.15) is 5.69 Å². The molecule has 0 unspecified atom stereocenters. The summed E-state index contributed by atoms with van der Waals surface area (Å²) in [6.45, 7) is 4.26. The molecule has 11 heteroatoms. The predicted molar refractivity (Wildman–Crippen MR) is 91.6 cm³/mol. The van der Waals surface area contributed by atoms with Crippen molar-refractivity contribution < 1.29 is 18.1 Å². The maximum absolute atomic E-state index is 12.2. The van der Waals surface area contributed by atoms with Gasteiger partial charge in [-0.25, -0.2) is 13.6 Å². The van der Waals surface area contributed by atoms with Gasteiger partial charge in [0.2, 0.25) is 15.9 Å². The van der Waals surface area contributed by atoms with Crippen LogP contribution in [0.1, 0.15) is 13.3 Å². The highest BCUT2D eigenvalue weighted by Gasteiger charge is 2.23. The van der Waals surface area contributed by atoms with E-state index >= 15 is 0 Å². The maximum Gasteiger partial charge on any atom is 0.293 e. The van der Waals surface area contributed by atoms with E-state index in [1.54, 1.807) is 4.90 Å². The van der Waals surface area contributed by atoms with Crippen LogP contribution >= 0.6 is 0 Å². The lowest BCUT2D eigenvalue weighted by Crippen LogP contribution is -2.52. The van der Waals surface area contributed by atoms with Crippen molar-refractivity contribution in [1.82, 2.24) is 10.2 Å². The van der Waals surface area contributed by atoms with E-state index in [2.05, 4.69) is 10.6 Å². The first-order valence-electron chi connectivity index (χ1n) is 7.75. The summed E-state index contributed by atoms with van der Waals surface area (Å²) in [6, 6.07) is 3.46. The molecule has 1 fully saturated rings. The monoisotopic (exact) mass is 371 g/mol. The van der Waals surface area contributed by atoms with E-state index in [0.717, 1.165) is 19.2 Å². The zero-order valence-corrected chi connectivity index (χ0v) is 14.6. The average Bonchev–Trinajstić information content (AvgIpc) is 2.54. The number of nitrogens with zero attached hydrogens (tertiary/aromatic N) is 2. The minimum Gasteiger partial charge on any atom is -0.379 e. The molecule has 25 heavy (non-hydrogen) atoms. The molecule has 2 rings (SSSR count). The molecule has 1 aliphatic heterocycles. The van der Waals surface area contributed by atoms with Gasteiger partial charge in [0.05, 0.1) is 9.82 Å². The summed E-state index contributed by atoms with van der Waals surface area (Å²) in [5.74, 6) is -0.0368. The van der Waals surface area contributed by atoms with Gasteiger partial charge in [-0.15, -0.1) is 0 Å². The summed E-state index contributed by atoms with van der Waals surface area (Å²) in [5, 5.41) is 22.1. The molecule has 10 nitrogen and oxygen atoms in total. The van der Waals surface area contributed by atoms with Gasteiger partial charge in [-0.1, -0.05) is 0 Å². The number of nitro groups is 1. The molecule has 138 valence electrons. The summed E-state index contributed by atoms with van der Waals surface area (Å²) >= 11 is 0. The Morgan fingerprint density at radius 2 is 2.24 bits per heavy atom. The molecule has 1 aromatic carbocycles. The van der Waals surface area contributed by atoms with E-state index in [4.69, 9.17) is 5.14 Å². The average molecular weight is 371 g/mol. The highest BCUT2D eigenvalue weighted by Crippen LogP contribution is 2.27. The predicted octanol–water partition coefficient (Wildman–Crippen LogP) is -0.135. The molecule has 1 heterocycles. The number of carbonyl (C=O) groups excluding carboxylic acids is 1. The zero-order valence-electron chi connectivity index (χ0n) is 13.8. The fourth-order valence-corrected chi connectivity index (χ4v) is 3.18. The Morgan fingerprint density at radius 1 is 1.52 bits per heavy atom. The number of nitrogens with two attached hydrogens (primary N) is 1. The Morgan fingerprint density at radius 3 is 2.84 bits per heavy atom. The van der Waals surface area contributed by atoms with Gasteiger partial charge in [0.25, 0.3) is 5.69 Å². The third-order valence-corrected chi connectivity index (χ3v) is 4.88. The van der Waals surface area contributed by atoms with Crippen LogP contribution in [0.2, 0.25) is 0 Å². The number of amides is 1. The van der Waals surface area contributed by atoms with E-state index in [9.17, 15) is 23.3 Å². The van der Waals surface area contributed by atoms with Crippen LogP contribution in [-0.2, 0) is 14.8 Å². The van der Waals surface area contributed by atoms with Crippen molar-refractivity contribution in [3.05, 3.63) is 28.3 Å². The molecule has 0 spiro atoms. The number of rotatable bonds is 6. The van der Waals surface area contributed by atoms with Crippen molar-refractivity contribution >= 4 is 27.3 Å². The Balaban J connectivity index is 2.03. The molecule has 0 radical (unpaired) electrons. The van der Waals surface area contributed by atoms with Gasteiger partial charge in [-0.2, -0.15) is 0 Å². The van der Waals surface area contributed by atoms with Gasteiger partial charge in [-0.3, -0.25) is 14.9 Å². The molecule has 0 aromatic heterocycles. The van der Waals surface area contributed by atoms with Crippen LogP contribution in [0.15, 0.2) is 23.1 Å². The molecule has 0 saturated carbocycles. The van der Waals surface area contributed by atoms with Crippen LogP contribution in [0, 0.1) is 10.1 Å². The lowest BCUT2D eigenvalue weighted by molar-refractivity contribution is -0.384. The quantitative estimate of drug-likeness (QED) is 0.466. The van der Waals surface area contributed by atoms with Crippen LogP contribution in [-0.4, -0.2) is 56.4 Å². The first-order chi connectivity index (χ1) is 11.7. The molecule has 1 saturated heterocycles. The summed E-state index contributed by atoms with van der Waals surface area (Å²) < 4.78 is 22.6. The minimum atomic E-state index is -4.03. The van der Waals surface area contributed by atoms with E-state index < -0.39 is 20.6 Å². The van der Waals surface area contributed by atoms with Crippen molar-refractivity contribution in [3.63, 3.8) is 0 Å². The fraction of sp³-hybridized carbons (Fsp3) is 0.500. The van der Waals surface area contributed by atoms with Crippen molar-refractivity contribution in [2.24, 2.45) is 5.14 Å². The molecule has 1 atom stereocenters. The van der Waals surface area contributed by atoms with E-state index in [0.29, 0.717) is 6.54 Å². The Hall–Kier alpha value is -2.24. The summed E-state index contributed by atoms with van der Waals surface area (Å²) in [6.07, 6.45) is 0.179. The largest absolute Gasteiger partial charge is 0.379 e. The first kappa shape index (κ1) is 19.1. The van der Waals surface area contributed by atoms with Gasteiger partial charge >= 0.3 is 0 Å². The second kappa shape index (κ2) is 7.76. The van der Waals surface area contributed by atoms with Crippen molar-refractivity contribution in [1.29, 1.82) is 0 Å². The number of anilines is 1. The fourth-order valence-electron chi connectivity index (χ4n) is 2.65. The van der Waals surface area contributed by atoms with Crippen molar-refractivity contribution in [2.75, 3.05) is 31.5 Å². The highest BCUT2D eigenvalue weighted by atomic mass is 32.2. The Kier molecular flexibility index (Phi) is 5.93. The third kappa shape index (κ3) is 4.87. The van der Waals surface area contributed by atoms with E-state index in [1.165, 1.54) is 12.1 Å². The SMILES string of the molecule is C[C@H]1CNCCN1C(=O)CCNc1ccc(S(N)(=O)=O)cc1[N+](=O)[O-]. The summed E-state index contributed by atoms with van der Waals surface area (Å²) in [5.41, 5.74) is -0.270. The summed E-state index contributed by atoms with van der Waals surface area (Å²) in [7, 11) is -4.03. The van der Waals surface area contributed by atoms with Gasteiger partial charge in [-0.05, 0) is 19.1 Å². The standard InChI is InChI=1S/C14H21N5O5S/c1-10-9-16-6-7-18(10)14(20)4-5-17-12-3-2-11(25(15,23)24)8-13(12)19(21)22/h2-3,8,10,16-17H,4-7,9H2,1H3,(H2,15,23,24)/t10-/m0/s1. The lowest BCUT2D eigenvalue weighted by atomic mass is 10.2. The van der Waals surface area contributed by atoms with Crippen molar-refractivity contribution in [2.45, 2.75) is 24.3 Å². The number of hydrogen-bond donors (Lipinski definition) is 3. The number of nitrogens with one attached hydrogen (secondary N) is 2. The lowest BCUT2D eigenvalue weighted by Gasteiger charge is -2.34. The summed E-state index contributed by atoms with van der Waals surface area (Å²) in [4.78, 5) is 24.1. The number of carbonyl (C=O) groups is 1. The molecule has 1 aliphatic rings. The molecule has 0 bridgehead atoms. The number of hydrogen-bond acceptors (Lipinski definition) is 7. The minimum absolute atomic E-state index is 0.0368. The topological polar surface area (TPSA) is 148 Å². The smallest absolute Gasteiger partial charge is 0.293 e. The maximum atomic E-state index is 12.2. The van der Waals surface area contributed by atoms with Crippen LogP contribution in [0.5, 0.6) is 0 Å². The molecule has 1 amide bonds. The Labute approximate surface area is 145 Å². The molecule has 1 aromatic rings. The normalized spacial score (nSPS) is 18.0. The van der Waals surface area contributed by atoms with Crippen LogP contribution in [0.4, 0.5) is 11.4 Å². The van der Waals surface area contributed by atoms with Crippen LogP contribution in [0.3, 0.4) is 0 Å². The Bertz CT molecular complexity index is 767. The van der Waals surface area contributed by atoms with Gasteiger partial charge in [0, 0.05) is 44.7 Å². The zero-order chi connectivity index (χ0) is 18.6. The number of primary sulfonamides is 1. The van der Waals surface area contributed by atoms with Gasteiger partial charge in [0.15, 0.2) is 0 Å². The second-order valence-electron chi connectivity index (χ2n) is 5.80. The third-order valence-electron chi connectivity index (χ3n) is 3.97. The van der Waals surface area contributed by atoms with E-state index in [-0.39, 0.29) is 35.5 Å². The first-order valence-corrected chi connectivity index (χ1v) is 9.30.